The third kappa shape index (κ3) is 7.59. The van der Waals surface area contributed by atoms with Crippen molar-refractivity contribution in [3.63, 3.8) is 0 Å². The molecule has 6 nitrogen and oxygen atoms in total. The van der Waals surface area contributed by atoms with E-state index in [1.54, 1.807) is 26.0 Å². The molecule has 0 aliphatic heterocycles. The van der Waals surface area contributed by atoms with E-state index in [0.717, 1.165) is 22.5 Å². The van der Waals surface area contributed by atoms with Gasteiger partial charge in [0.1, 0.15) is 11.5 Å². The fourth-order valence-electron chi connectivity index (χ4n) is 2.91. The monoisotopic (exact) mass is 443 g/mol. The van der Waals surface area contributed by atoms with Gasteiger partial charge in [0, 0.05) is 27.0 Å². The van der Waals surface area contributed by atoms with Crippen molar-refractivity contribution in [1.29, 1.82) is 0 Å². The second-order valence-corrected chi connectivity index (χ2v) is 15.0. The normalized spacial score (nSPS) is 15.0. The van der Waals surface area contributed by atoms with Gasteiger partial charge in [0.2, 0.25) is 0 Å². The third-order valence-electron chi connectivity index (χ3n) is 5.03. The Labute approximate surface area is 185 Å². The number of pyridine rings is 1. The number of esters is 1. The number of aromatic nitrogens is 1. The maximum atomic E-state index is 11.9. The number of hydrogen-bond donors (Lipinski definition) is 1. The minimum absolute atomic E-state index is 0.124. The molecule has 31 heavy (non-hydrogen) atoms. The fourth-order valence-corrected chi connectivity index (χ4v) is 3.67. The average molecular weight is 444 g/mol. The summed E-state index contributed by atoms with van der Waals surface area (Å²) in [7, 11) is -1.23. The second-order valence-electron chi connectivity index (χ2n) is 9.36. The molecule has 0 saturated heterocycles. The standard InChI is InChI=1S/C24H33NO5Si/c1-17(30-18(2)26)21-10-9-20-8-7-19(15-22(20)25-21)11-12-24(3,23(27)28)16-29-13-14-31(4,5)6/h7-12,15,17H,13-14,16H2,1-6H3,(H,27,28). The second kappa shape index (κ2) is 10.2. The summed E-state index contributed by atoms with van der Waals surface area (Å²) >= 11 is 0. The van der Waals surface area contributed by atoms with Crippen LogP contribution in [0.25, 0.3) is 17.0 Å². The summed E-state index contributed by atoms with van der Waals surface area (Å²) in [5, 5.41) is 10.7. The maximum Gasteiger partial charge on any atom is 0.315 e. The Morgan fingerprint density at radius 1 is 1.23 bits per heavy atom. The van der Waals surface area contributed by atoms with E-state index in [0.29, 0.717) is 12.3 Å². The molecule has 1 heterocycles. The summed E-state index contributed by atoms with van der Waals surface area (Å²) in [6, 6.07) is 10.5. The zero-order chi connectivity index (χ0) is 23.2. The lowest BCUT2D eigenvalue weighted by molar-refractivity contribution is -0.148. The van der Waals surface area contributed by atoms with Gasteiger partial charge in [-0.15, -0.1) is 0 Å². The molecule has 0 radical (unpaired) electrons. The highest BCUT2D eigenvalue weighted by atomic mass is 28.3. The number of carboxylic acid groups (broad SMARTS) is 1. The SMILES string of the molecule is CC(=O)OC(C)c1ccc2ccc(C=CC(C)(COCC[Si](C)(C)C)C(=O)O)cc2n1. The van der Waals surface area contributed by atoms with E-state index >= 15 is 0 Å². The van der Waals surface area contributed by atoms with Gasteiger partial charge in [-0.25, -0.2) is 4.98 Å². The first kappa shape index (κ1) is 24.8. The molecule has 2 atom stereocenters. The molecule has 0 aliphatic carbocycles. The summed E-state index contributed by atoms with van der Waals surface area (Å²) in [6.45, 7) is 12.3. The summed E-state index contributed by atoms with van der Waals surface area (Å²) in [5.74, 6) is -1.28. The fraction of sp³-hybridized carbons (Fsp3) is 0.458. The number of benzene rings is 1. The number of rotatable bonds is 10. The Morgan fingerprint density at radius 2 is 1.90 bits per heavy atom. The molecule has 7 heteroatoms. The van der Waals surface area contributed by atoms with E-state index in [2.05, 4.69) is 24.6 Å². The Morgan fingerprint density at radius 3 is 2.52 bits per heavy atom. The number of carbonyl (C=O) groups excluding carboxylic acids is 1. The lowest BCUT2D eigenvalue weighted by Gasteiger charge is -2.22. The Kier molecular flexibility index (Phi) is 8.14. The van der Waals surface area contributed by atoms with Gasteiger partial charge in [0.15, 0.2) is 0 Å². The molecular formula is C24H33NO5Si. The van der Waals surface area contributed by atoms with Crippen LogP contribution in [0.2, 0.25) is 25.7 Å². The lowest BCUT2D eigenvalue weighted by Crippen LogP contribution is -2.32. The highest BCUT2D eigenvalue weighted by Crippen LogP contribution is 2.24. The Bertz CT molecular complexity index is 966. The van der Waals surface area contributed by atoms with E-state index in [1.807, 2.05) is 30.3 Å². The number of aliphatic carboxylic acids is 1. The van der Waals surface area contributed by atoms with Crippen molar-refractivity contribution < 1.29 is 24.2 Å². The molecule has 168 valence electrons. The zero-order valence-electron chi connectivity index (χ0n) is 19.3. The van der Waals surface area contributed by atoms with Crippen molar-refractivity contribution in [2.45, 2.75) is 52.6 Å². The first-order valence-electron chi connectivity index (χ1n) is 10.5. The van der Waals surface area contributed by atoms with Gasteiger partial charge in [0.05, 0.1) is 17.8 Å². The van der Waals surface area contributed by atoms with Crippen molar-refractivity contribution in [1.82, 2.24) is 4.98 Å². The molecule has 0 spiro atoms. The minimum Gasteiger partial charge on any atom is -0.481 e. The number of carboxylic acids is 1. The van der Waals surface area contributed by atoms with Crippen LogP contribution < -0.4 is 0 Å². The van der Waals surface area contributed by atoms with Crippen LogP contribution in [0.5, 0.6) is 0 Å². The summed E-state index contributed by atoms with van der Waals surface area (Å²) in [5.41, 5.74) is 1.14. The van der Waals surface area contributed by atoms with Gasteiger partial charge in [-0.1, -0.05) is 50.0 Å². The molecule has 1 aromatic heterocycles. The predicted molar refractivity (Wildman–Crippen MR) is 126 cm³/mol. The molecule has 2 aromatic rings. The minimum atomic E-state index is -1.23. The molecule has 2 unspecified atom stereocenters. The summed E-state index contributed by atoms with van der Waals surface area (Å²) in [6.07, 6.45) is 3.03. The number of nitrogens with zero attached hydrogens (tertiary/aromatic N) is 1. The number of ether oxygens (including phenoxy) is 2. The molecule has 1 N–H and O–H groups in total. The molecule has 0 saturated carbocycles. The van der Waals surface area contributed by atoms with Crippen LogP contribution in [0.1, 0.15) is 38.1 Å². The number of hydrogen-bond acceptors (Lipinski definition) is 5. The van der Waals surface area contributed by atoms with E-state index in [1.165, 1.54) is 6.92 Å². The van der Waals surface area contributed by atoms with Crippen LogP contribution in [0.3, 0.4) is 0 Å². The smallest absolute Gasteiger partial charge is 0.315 e. The largest absolute Gasteiger partial charge is 0.481 e. The van der Waals surface area contributed by atoms with Crippen molar-refractivity contribution in [3.8, 4) is 0 Å². The van der Waals surface area contributed by atoms with E-state index in [9.17, 15) is 14.7 Å². The molecule has 2 rings (SSSR count). The van der Waals surface area contributed by atoms with E-state index in [4.69, 9.17) is 9.47 Å². The van der Waals surface area contributed by atoms with Gasteiger partial charge in [0.25, 0.3) is 0 Å². The Hall–Kier alpha value is -2.51. The highest BCUT2D eigenvalue weighted by molar-refractivity contribution is 6.76. The number of carbonyl (C=O) groups is 2. The predicted octanol–water partition coefficient (Wildman–Crippen LogP) is 5.32. The lowest BCUT2D eigenvalue weighted by atomic mass is 9.90. The van der Waals surface area contributed by atoms with Gasteiger partial charge in [-0.2, -0.15) is 0 Å². The third-order valence-corrected chi connectivity index (χ3v) is 6.73. The van der Waals surface area contributed by atoms with Gasteiger partial charge in [-0.05, 0) is 37.6 Å². The zero-order valence-corrected chi connectivity index (χ0v) is 20.3. The van der Waals surface area contributed by atoms with Crippen LogP contribution in [0, 0.1) is 5.41 Å². The topological polar surface area (TPSA) is 85.7 Å². The summed E-state index contributed by atoms with van der Waals surface area (Å²) < 4.78 is 10.9. The van der Waals surface area contributed by atoms with Crippen molar-refractivity contribution in [3.05, 3.63) is 47.7 Å². The first-order chi connectivity index (χ1) is 14.4. The number of fused-ring (bicyclic) bond motifs is 1. The van der Waals surface area contributed by atoms with Crippen LogP contribution in [0.15, 0.2) is 36.4 Å². The average Bonchev–Trinajstić information content (AvgIpc) is 2.67. The quantitative estimate of drug-likeness (QED) is 0.304. The molecule has 0 fully saturated rings. The van der Waals surface area contributed by atoms with Gasteiger partial charge >= 0.3 is 11.9 Å². The molecular weight excluding hydrogens is 410 g/mol. The van der Waals surface area contributed by atoms with Gasteiger partial charge < -0.3 is 14.6 Å². The van der Waals surface area contributed by atoms with Crippen LogP contribution >= 0.6 is 0 Å². The molecule has 0 bridgehead atoms. The van der Waals surface area contributed by atoms with Crippen molar-refractivity contribution in [2.24, 2.45) is 5.41 Å². The highest BCUT2D eigenvalue weighted by Gasteiger charge is 2.30. The van der Waals surface area contributed by atoms with Crippen molar-refractivity contribution >= 4 is 37.0 Å². The van der Waals surface area contributed by atoms with Crippen LogP contribution in [-0.2, 0) is 19.1 Å². The van der Waals surface area contributed by atoms with Crippen LogP contribution in [0.4, 0.5) is 0 Å². The van der Waals surface area contributed by atoms with E-state index in [-0.39, 0.29) is 12.6 Å². The maximum absolute atomic E-state index is 11.9. The van der Waals surface area contributed by atoms with Gasteiger partial charge in [-0.3, -0.25) is 9.59 Å². The van der Waals surface area contributed by atoms with Crippen molar-refractivity contribution in [2.75, 3.05) is 13.2 Å². The molecule has 0 amide bonds. The summed E-state index contributed by atoms with van der Waals surface area (Å²) in [4.78, 5) is 27.7. The molecule has 1 aromatic carbocycles. The van der Waals surface area contributed by atoms with Crippen LogP contribution in [-0.4, -0.2) is 43.3 Å². The van der Waals surface area contributed by atoms with E-state index < -0.39 is 25.6 Å². The first-order valence-corrected chi connectivity index (χ1v) is 14.2. The Balaban J connectivity index is 2.18. The molecule has 0 aliphatic rings.